The van der Waals surface area contributed by atoms with Crippen molar-refractivity contribution < 1.29 is 4.74 Å². The molecule has 0 saturated carbocycles. The zero-order valence-electron chi connectivity index (χ0n) is 12.4. The van der Waals surface area contributed by atoms with Crippen LogP contribution in [0.4, 0.5) is 0 Å². The summed E-state index contributed by atoms with van der Waals surface area (Å²) in [5.74, 6) is 8.80. The van der Waals surface area contributed by atoms with Gasteiger partial charge in [0.25, 0.3) is 0 Å². The highest BCUT2D eigenvalue weighted by molar-refractivity contribution is 9.10. The van der Waals surface area contributed by atoms with E-state index in [9.17, 15) is 0 Å². The number of ether oxygens (including phenoxy) is 1. The van der Waals surface area contributed by atoms with Gasteiger partial charge in [-0.3, -0.25) is 11.3 Å². The number of aryl methyl sites for hydroxylation is 1. The third-order valence-electron chi connectivity index (χ3n) is 4.80. The summed E-state index contributed by atoms with van der Waals surface area (Å²) in [6.07, 6.45) is 3.37. The van der Waals surface area contributed by atoms with Crippen molar-refractivity contribution >= 4 is 27.7 Å². The number of halogens is 1. The molecule has 0 amide bonds. The van der Waals surface area contributed by atoms with E-state index in [4.69, 9.17) is 10.6 Å². The monoisotopic (exact) mass is 370 g/mol. The highest BCUT2D eigenvalue weighted by Crippen LogP contribution is 2.44. The molecule has 2 aliphatic rings. The fourth-order valence-corrected chi connectivity index (χ4v) is 5.30. The minimum absolute atomic E-state index is 0.102. The molecule has 3 rings (SSSR count). The lowest BCUT2D eigenvalue weighted by atomic mass is 9.79. The molecule has 3 atom stereocenters. The Hall–Kier alpha value is -0.0700. The van der Waals surface area contributed by atoms with E-state index in [1.165, 1.54) is 23.3 Å². The van der Waals surface area contributed by atoms with Crippen LogP contribution in [0.25, 0.3) is 0 Å². The molecule has 1 spiro atoms. The number of thioether (sulfide) groups is 1. The Bertz CT molecular complexity index is 505. The van der Waals surface area contributed by atoms with Crippen LogP contribution in [0.1, 0.15) is 36.4 Å². The fraction of sp³-hybridized carbons (Fsp3) is 0.625. The Labute approximate surface area is 139 Å². The molecule has 2 saturated heterocycles. The Balaban J connectivity index is 1.80. The number of rotatable bonds is 3. The summed E-state index contributed by atoms with van der Waals surface area (Å²) in [5.41, 5.74) is 5.68. The maximum atomic E-state index is 6.13. The number of benzene rings is 1. The smallest absolute Gasteiger partial charge is 0.0783 e. The van der Waals surface area contributed by atoms with E-state index in [0.717, 1.165) is 29.7 Å². The van der Waals surface area contributed by atoms with E-state index in [1.54, 1.807) is 0 Å². The molecule has 2 aliphatic heterocycles. The maximum absolute atomic E-state index is 6.13. The normalized spacial score (nSPS) is 30.7. The van der Waals surface area contributed by atoms with Crippen molar-refractivity contribution in [3.63, 3.8) is 0 Å². The molecular weight excluding hydrogens is 348 g/mol. The van der Waals surface area contributed by atoms with Gasteiger partial charge in [-0.1, -0.05) is 28.1 Å². The lowest BCUT2D eigenvalue weighted by molar-refractivity contribution is -0.0854. The highest BCUT2D eigenvalue weighted by Gasteiger charge is 2.42. The van der Waals surface area contributed by atoms with E-state index in [-0.39, 0.29) is 11.6 Å². The van der Waals surface area contributed by atoms with Gasteiger partial charge in [0.15, 0.2) is 0 Å². The molecule has 3 nitrogen and oxygen atoms in total. The largest absolute Gasteiger partial charge is 0.374 e. The third kappa shape index (κ3) is 3.32. The van der Waals surface area contributed by atoms with Crippen molar-refractivity contribution in [2.45, 2.75) is 37.8 Å². The van der Waals surface area contributed by atoms with E-state index >= 15 is 0 Å². The number of nitrogens with two attached hydrogens (primary N) is 1. The van der Waals surface area contributed by atoms with Gasteiger partial charge in [-0.25, -0.2) is 0 Å². The first-order chi connectivity index (χ1) is 10.1. The molecule has 0 aliphatic carbocycles. The molecule has 2 fully saturated rings. The van der Waals surface area contributed by atoms with E-state index < -0.39 is 0 Å². The summed E-state index contributed by atoms with van der Waals surface area (Å²) in [6.45, 7) is 2.97. The Kier molecular flexibility index (Phi) is 4.96. The molecule has 1 aromatic rings. The van der Waals surface area contributed by atoms with Crippen molar-refractivity contribution in [3.8, 4) is 0 Å². The highest BCUT2D eigenvalue weighted by atomic mass is 79.9. The average molecular weight is 371 g/mol. The second-order valence-corrected chi connectivity index (χ2v) is 8.20. The Morgan fingerprint density at radius 1 is 1.52 bits per heavy atom. The van der Waals surface area contributed by atoms with Crippen LogP contribution in [0.2, 0.25) is 0 Å². The van der Waals surface area contributed by atoms with Crippen molar-refractivity contribution in [1.29, 1.82) is 0 Å². The predicted molar refractivity (Wildman–Crippen MR) is 92.3 cm³/mol. The standard InChI is InChI=1S/C16H23BrN2OS/c1-11-2-3-12(8-14(11)17)15(19-18)13-4-6-20-16(9-13)5-7-21-10-16/h2-3,8,13,15,19H,4-7,9-10,18H2,1H3. The summed E-state index contributed by atoms with van der Waals surface area (Å²) < 4.78 is 7.28. The summed E-state index contributed by atoms with van der Waals surface area (Å²) in [4.78, 5) is 0. The molecule has 0 aromatic heterocycles. The molecule has 3 N–H and O–H groups in total. The maximum Gasteiger partial charge on any atom is 0.0783 e. The number of hydrogen-bond acceptors (Lipinski definition) is 4. The minimum atomic E-state index is 0.102. The van der Waals surface area contributed by atoms with Crippen LogP contribution in [0.5, 0.6) is 0 Å². The molecule has 0 bridgehead atoms. The molecule has 1 aromatic carbocycles. The van der Waals surface area contributed by atoms with E-state index in [1.807, 2.05) is 11.8 Å². The van der Waals surface area contributed by atoms with Gasteiger partial charge in [0, 0.05) is 22.9 Å². The number of hydrogen-bond donors (Lipinski definition) is 2. The van der Waals surface area contributed by atoms with Gasteiger partial charge in [-0.2, -0.15) is 11.8 Å². The van der Waals surface area contributed by atoms with Crippen LogP contribution >= 0.6 is 27.7 Å². The Morgan fingerprint density at radius 2 is 2.38 bits per heavy atom. The SMILES string of the molecule is Cc1ccc(C(NN)C2CCOC3(CCSC3)C2)cc1Br. The molecule has 116 valence electrons. The van der Waals surface area contributed by atoms with Gasteiger partial charge in [-0.05, 0) is 55.1 Å². The lowest BCUT2D eigenvalue weighted by Crippen LogP contribution is -2.45. The molecule has 2 heterocycles. The molecule has 5 heteroatoms. The van der Waals surface area contributed by atoms with Crippen LogP contribution in [-0.2, 0) is 4.74 Å². The molecule has 21 heavy (non-hydrogen) atoms. The second-order valence-electron chi connectivity index (χ2n) is 6.24. The van der Waals surface area contributed by atoms with Gasteiger partial charge >= 0.3 is 0 Å². The summed E-state index contributed by atoms with van der Waals surface area (Å²) in [7, 11) is 0. The average Bonchev–Trinajstić information content (AvgIpc) is 2.91. The van der Waals surface area contributed by atoms with Crippen LogP contribution in [0.15, 0.2) is 22.7 Å². The van der Waals surface area contributed by atoms with Crippen molar-refractivity contribution in [3.05, 3.63) is 33.8 Å². The van der Waals surface area contributed by atoms with Crippen molar-refractivity contribution in [2.24, 2.45) is 11.8 Å². The van der Waals surface area contributed by atoms with E-state index in [2.05, 4.69) is 46.5 Å². The first-order valence-electron chi connectivity index (χ1n) is 7.57. The van der Waals surface area contributed by atoms with Crippen molar-refractivity contribution in [1.82, 2.24) is 5.43 Å². The topological polar surface area (TPSA) is 47.3 Å². The van der Waals surface area contributed by atoms with Crippen molar-refractivity contribution in [2.75, 3.05) is 18.1 Å². The fourth-order valence-electron chi connectivity index (χ4n) is 3.52. The van der Waals surface area contributed by atoms with Crippen LogP contribution in [-0.4, -0.2) is 23.7 Å². The van der Waals surface area contributed by atoms with E-state index in [0.29, 0.717) is 5.92 Å². The van der Waals surface area contributed by atoms with Crippen LogP contribution in [0.3, 0.4) is 0 Å². The molecule has 3 unspecified atom stereocenters. The van der Waals surface area contributed by atoms with Gasteiger partial charge in [0.05, 0.1) is 5.60 Å². The first kappa shape index (κ1) is 15.8. The minimum Gasteiger partial charge on any atom is -0.374 e. The van der Waals surface area contributed by atoms with Crippen LogP contribution in [0, 0.1) is 12.8 Å². The second kappa shape index (κ2) is 6.59. The quantitative estimate of drug-likeness (QED) is 0.630. The van der Waals surface area contributed by atoms with Crippen LogP contribution < -0.4 is 11.3 Å². The van der Waals surface area contributed by atoms with Gasteiger partial charge in [0.1, 0.15) is 0 Å². The lowest BCUT2D eigenvalue weighted by Gasteiger charge is -2.41. The van der Waals surface area contributed by atoms with Gasteiger partial charge < -0.3 is 4.74 Å². The van der Waals surface area contributed by atoms with Gasteiger partial charge in [0.2, 0.25) is 0 Å². The predicted octanol–water partition coefficient (Wildman–Crippen LogP) is 3.56. The molecular formula is C16H23BrN2OS. The number of hydrazine groups is 1. The Morgan fingerprint density at radius 3 is 3.05 bits per heavy atom. The summed E-state index contributed by atoms with van der Waals surface area (Å²) >= 11 is 5.65. The summed E-state index contributed by atoms with van der Waals surface area (Å²) in [6, 6.07) is 6.75. The molecule has 0 radical (unpaired) electrons. The summed E-state index contributed by atoms with van der Waals surface area (Å²) in [5, 5.41) is 0. The first-order valence-corrected chi connectivity index (χ1v) is 9.52. The third-order valence-corrected chi connectivity index (χ3v) is 6.88. The number of nitrogens with one attached hydrogen (secondary N) is 1. The zero-order valence-corrected chi connectivity index (χ0v) is 14.8. The zero-order chi connectivity index (χ0) is 14.9. The van der Waals surface area contributed by atoms with Gasteiger partial charge in [-0.15, -0.1) is 0 Å².